The van der Waals surface area contributed by atoms with Crippen molar-refractivity contribution in [1.29, 1.82) is 0 Å². The molecule has 3 N–H and O–H groups in total. The van der Waals surface area contributed by atoms with Crippen LogP contribution in [-0.2, 0) is 4.79 Å². The summed E-state index contributed by atoms with van der Waals surface area (Å²) >= 11 is 12.3. The molecule has 0 bridgehead atoms. The SMILES string of the molecule is O=C(Nc1cccc(NC(=O)C2CC2)c1)c1[nH]c2ccc(Cl)cc2c1Cl. The third-order valence-electron chi connectivity index (χ3n) is 4.26. The molecule has 1 aliphatic rings. The van der Waals surface area contributed by atoms with Crippen LogP contribution in [0.4, 0.5) is 11.4 Å². The predicted molar refractivity (Wildman–Crippen MR) is 104 cm³/mol. The van der Waals surface area contributed by atoms with Crippen LogP contribution in [0.1, 0.15) is 23.3 Å². The minimum atomic E-state index is -0.368. The summed E-state index contributed by atoms with van der Waals surface area (Å²) in [7, 11) is 0. The quantitative estimate of drug-likeness (QED) is 0.584. The maximum absolute atomic E-state index is 12.6. The molecule has 4 rings (SSSR count). The van der Waals surface area contributed by atoms with Gasteiger partial charge in [-0.05, 0) is 49.2 Å². The molecule has 7 heteroatoms. The van der Waals surface area contributed by atoms with Crippen LogP contribution in [0.25, 0.3) is 10.9 Å². The lowest BCUT2D eigenvalue weighted by Crippen LogP contribution is -2.15. The van der Waals surface area contributed by atoms with E-state index in [0.717, 1.165) is 18.4 Å². The molecule has 2 aromatic carbocycles. The first kappa shape index (κ1) is 16.9. The van der Waals surface area contributed by atoms with Crippen LogP contribution < -0.4 is 10.6 Å². The Labute approximate surface area is 159 Å². The minimum absolute atomic E-state index is 0.0176. The molecule has 1 heterocycles. The van der Waals surface area contributed by atoms with E-state index in [1.54, 1.807) is 42.5 Å². The Morgan fingerprint density at radius 1 is 1.00 bits per heavy atom. The van der Waals surface area contributed by atoms with Crippen molar-refractivity contribution < 1.29 is 9.59 Å². The number of carbonyl (C=O) groups is 2. The van der Waals surface area contributed by atoms with Crippen molar-refractivity contribution in [1.82, 2.24) is 4.98 Å². The zero-order valence-electron chi connectivity index (χ0n) is 13.6. The van der Waals surface area contributed by atoms with Crippen molar-refractivity contribution in [3.05, 3.63) is 58.2 Å². The van der Waals surface area contributed by atoms with E-state index < -0.39 is 0 Å². The lowest BCUT2D eigenvalue weighted by Gasteiger charge is -2.08. The summed E-state index contributed by atoms with van der Waals surface area (Å²) in [6.45, 7) is 0. The molecule has 0 unspecified atom stereocenters. The number of hydrogen-bond donors (Lipinski definition) is 3. The van der Waals surface area contributed by atoms with E-state index >= 15 is 0 Å². The predicted octanol–water partition coefficient (Wildman–Crippen LogP) is 5.08. The highest BCUT2D eigenvalue weighted by Gasteiger charge is 2.29. The van der Waals surface area contributed by atoms with Gasteiger partial charge in [-0.3, -0.25) is 9.59 Å². The van der Waals surface area contributed by atoms with Crippen LogP contribution in [-0.4, -0.2) is 16.8 Å². The number of fused-ring (bicyclic) bond motifs is 1. The number of halogens is 2. The van der Waals surface area contributed by atoms with Crippen molar-refractivity contribution >= 4 is 57.3 Å². The maximum atomic E-state index is 12.6. The molecule has 1 fully saturated rings. The summed E-state index contributed by atoms with van der Waals surface area (Å²) in [5.74, 6) is -0.234. The van der Waals surface area contributed by atoms with Gasteiger partial charge in [0, 0.05) is 33.2 Å². The molecule has 5 nitrogen and oxygen atoms in total. The van der Waals surface area contributed by atoms with Crippen molar-refractivity contribution in [2.75, 3.05) is 10.6 Å². The van der Waals surface area contributed by atoms with E-state index in [2.05, 4.69) is 15.6 Å². The highest BCUT2D eigenvalue weighted by atomic mass is 35.5. The molecule has 26 heavy (non-hydrogen) atoms. The number of aromatic amines is 1. The number of hydrogen-bond acceptors (Lipinski definition) is 2. The van der Waals surface area contributed by atoms with E-state index in [4.69, 9.17) is 23.2 Å². The standard InChI is InChI=1S/C19H15Cl2N3O2/c20-11-6-7-15-14(8-11)16(21)17(24-15)19(26)23-13-3-1-2-12(9-13)22-18(25)10-4-5-10/h1-3,6-10,24H,4-5H2,(H,22,25)(H,23,26). The van der Waals surface area contributed by atoms with E-state index in [0.29, 0.717) is 26.8 Å². The summed E-state index contributed by atoms with van der Waals surface area (Å²) in [5, 5.41) is 7.20. The lowest BCUT2D eigenvalue weighted by atomic mass is 10.2. The lowest BCUT2D eigenvalue weighted by molar-refractivity contribution is -0.117. The Balaban J connectivity index is 1.54. The van der Waals surface area contributed by atoms with Gasteiger partial charge in [-0.2, -0.15) is 0 Å². The van der Waals surface area contributed by atoms with E-state index in [9.17, 15) is 9.59 Å². The fraction of sp³-hybridized carbons (Fsp3) is 0.158. The molecule has 0 atom stereocenters. The summed E-state index contributed by atoms with van der Waals surface area (Å²) in [4.78, 5) is 27.5. The van der Waals surface area contributed by atoms with Crippen LogP contribution in [0.15, 0.2) is 42.5 Å². The molecule has 2 amide bonds. The fourth-order valence-corrected chi connectivity index (χ4v) is 3.21. The Hall–Kier alpha value is -2.50. The van der Waals surface area contributed by atoms with Gasteiger partial charge in [-0.15, -0.1) is 0 Å². The van der Waals surface area contributed by atoms with Crippen LogP contribution in [0.2, 0.25) is 10.0 Å². The second kappa shape index (κ2) is 6.67. The number of nitrogens with one attached hydrogen (secondary N) is 3. The largest absolute Gasteiger partial charge is 0.349 e. The number of amides is 2. The molecule has 132 valence electrons. The van der Waals surface area contributed by atoms with Gasteiger partial charge in [0.15, 0.2) is 0 Å². The van der Waals surface area contributed by atoms with E-state index in [-0.39, 0.29) is 23.4 Å². The second-order valence-electron chi connectivity index (χ2n) is 6.30. The number of rotatable bonds is 4. The third kappa shape index (κ3) is 3.41. The van der Waals surface area contributed by atoms with Gasteiger partial charge in [-0.1, -0.05) is 29.3 Å². The van der Waals surface area contributed by atoms with Gasteiger partial charge in [0.2, 0.25) is 5.91 Å². The molecule has 0 radical (unpaired) electrons. The van der Waals surface area contributed by atoms with Crippen molar-refractivity contribution in [3.63, 3.8) is 0 Å². The van der Waals surface area contributed by atoms with E-state index in [1.807, 2.05) is 0 Å². The first-order valence-corrected chi connectivity index (χ1v) is 8.96. The first-order chi connectivity index (χ1) is 12.5. The Morgan fingerprint density at radius 3 is 2.46 bits per heavy atom. The zero-order chi connectivity index (χ0) is 18.3. The highest BCUT2D eigenvalue weighted by Crippen LogP contribution is 2.31. The molecule has 1 aromatic heterocycles. The minimum Gasteiger partial charge on any atom is -0.349 e. The third-order valence-corrected chi connectivity index (χ3v) is 4.89. The van der Waals surface area contributed by atoms with Crippen LogP contribution in [0.5, 0.6) is 0 Å². The summed E-state index contributed by atoms with van der Waals surface area (Å²) in [6, 6.07) is 12.2. The Bertz CT molecular complexity index is 1020. The van der Waals surface area contributed by atoms with Gasteiger partial charge in [0.25, 0.3) is 5.91 Å². The second-order valence-corrected chi connectivity index (χ2v) is 7.12. The fourth-order valence-electron chi connectivity index (χ4n) is 2.75. The normalized spacial score (nSPS) is 13.6. The van der Waals surface area contributed by atoms with Gasteiger partial charge in [0.1, 0.15) is 5.69 Å². The molecular formula is C19H15Cl2N3O2. The molecule has 1 saturated carbocycles. The summed E-state index contributed by atoms with van der Waals surface area (Å²) in [5.41, 5.74) is 2.21. The number of carbonyl (C=O) groups excluding carboxylic acids is 2. The first-order valence-electron chi connectivity index (χ1n) is 8.20. The van der Waals surface area contributed by atoms with Crippen molar-refractivity contribution in [3.8, 4) is 0 Å². The van der Waals surface area contributed by atoms with Crippen molar-refractivity contribution in [2.45, 2.75) is 12.8 Å². The smallest absolute Gasteiger partial charge is 0.273 e. The average Bonchev–Trinajstić information content (AvgIpc) is 3.41. The van der Waals surface area contributed by atoms with E-state index in [1.165, 1.54) is 0 Å². The Kier molecular flexibility index (Phi) is 4.34. The number of anilines is 2. The molecule has 0 aliphatic heterocycles. The highest BCUT2D eigenvalue weighted by molar-refractivity contribution is 6.40. The van der Waals surface area contributed by atoms with Crippen LogP contribution in [0.3, 0.4) is 0 Å². The topological polar surface area (TPSA) is 74.0 Å². The zero-order valence-corrected chi connectivity index (χ0v) is 15.1. The molecular weight excluding hydrogens is 373 g/mol. The molecule has 0 spiro atoms. The number of aromatic nitrogens is 1. The van der Waals surface area contributed by atoms with Gasteiger partial charge >= 0.3 is 0 Å². The summed E-state index contributed by atoms with van der Waals surface area (Å²) < 4.78 is 0. The Morgan fingerprint density at radius 2 is 1.73 bits per heavy atom. The average molecular weight is 388 g/mol. The number of benzene rings is 2. The van der Waals surface area contributed by atoms with Crippen LogP contribution >= 0.6 is 23.2 Å². The number of H-pyrrole nitrogens is 1. The molecule has 0 saturated heterocycles. The maximum Gasteiger partial charge on any atom is 0.273 e. The van der Waals surface area contributed by atoms with Gasteiger partial charge < -0.3 is 15.6 Å². The van der Waals surface area contributed by atoms with Gasteiger partial charge in [-0.25, -0.2) is 0 Å². The van der Waals surface area contributed by atoms with Crippen molar-refractivity contribution in [2.24, 2.45) is 5.92 Å². The van der Waals surface area contributed by atoms with Crippen LogP contribution in [0, 0.1) is 5.92 Å². The van der Waals surface area contributed by atoms with Gasteiger partial charge in [0.05, 0.1) is 5.02 Å². The molecule has 3 aromatic rings. The summed E-state index contributed by atoms with van der Waals surface area (Å²) in [6.07, 6.45) is 1.87. The molecule has 1 aliphatic carbocycles. The monoisotopic (exact) mass is 387 g/mol.